The van der Waals surface area contributed by atoms with Crippen LogP contribution in [0.25, 0.3) is 0 Å². The van der Waals surface area contributed by atoms with Crippen molar-refractivity contribution < 1.29 is 4.74 Å². The van der Waals surface area contributed by atoms with Gasteiger partial charge in [-0.15, -0.1) is 0 Å². The first-order chi connectivity index (χ1) is 8.69. The van der Waals surface area contributed by atoms with E-state index in [2.05, 4.69) is 25.2 Å². The van der Waals surface area contributed by atoms with Gasteiger partial charge in [-0.3, -0.25) is 5.32 Å². The molecule has 1 N–H and O–H groups in total. The number of hydrogen-bond acceptors (Lipinski definition) is 3. The minimum atomic E-state index is -0.0163. The lowest BCUT2D eigenvalue weighted by Gasteiger charge is -2.32. The van der Waals surface area contributed by atoms with Gasteiger partial charge in [0.05, 0.1) is 18.2 Å². The molecular formula is C15H26N2O. The molecule has 2 fully saturated rings. The Balaban J connectivity index is 1.60. The summed E-state index contributed by atoms with van der Waals surface area (Å²) in [5.74, 6) is 1.62. The third kappa shape index (κ3) is 4.26. The quantitative estimate of drug-likeness (QED) is 0.788. The van der Waals surface area contributed by atoms with Crippen LogP contribution in [0.2, 0.25) is 0 Å². The maximum absolute atomic E-state index is 9.05. The van der Waals surface area contributed by atoms with Crippen LogP contribution in [0.15, 0.2) is 0 Å². The summed E-state index contributed by atoms with van der Waals surface area (Å²) in [6, 6.07) is 2.92. The third-order valence-corrected chi connectivity index (χ3v) is 4.48. The lowest BCUT2D eigenvalue weighted by Crippen LogP contribution is -2.32. The van der Waals surface area contributed by atoms with Gasteiger partial charge < -0.3 is 4.74 Å². The summed E-state index contributed by atoms with van der Waals surface area (Å²) < 4.78 is 5.94. The van der Waals surface area contributed by atoms with E-state index < -0.39 is 0 Å². The standard InChI is InChI=1S/C15H26N2O/c1-11-3-6-15(9-12(11)2)18-8-7-14(10-16)17-13-4-5-13/h11-15,17H,3-9H2,1-2H3. The Hall–Kier alpha value is -0.590. The van der Waals surface area contributed by atoms with Crippen LogP contribution in [0.1, 0.15) is 52.4 Å². The van der Waals surface area contributed by atoms with E-state index in [0.29, 0.717) is 12.1 Å². The van der Waals surface area contributed by atoms with E-state index in [9.17, 15) is 0 Å². The van der Waals surface area contributed by atoms with Crippen molar-refractivity contribution in [1.29, 1.82) is 5.26 Å². The van der Waals surface area contributed by atoms with Crippen molar-refractivity contribution in [2.75, 3.05) is 6.61 Å². The molecule has 3 heteroatoms. The predicted molar refractivity (Wildman–Crippen MR) is 72.1 cm³/mol. The van der Waals surface area contributed by atoms with E-state index in [1.165, 1.54) is 32.1 Å². The number of nitriles is 1. The van der Waals surface area contributed by atoms with E-state index in [0.717, 1.165) is 24.9 Å². The van der Waals surface area contributed by atoms with Crippen LogP contribution in [0, 0.1) is 23.2 Å². The Morgan fingerprint density at radius 3 is 2.61 bits per heavy atom. The highest BCUT2D eigenvalue weighted by Crippen LogP contribution is 2.31. The molecule has 0 spiro atoms. The molecule has 0 heterocycles. The van der Waals surface area contributed by atoms with Crippen LogP contribution in [0.4, 0.5) is 0 Å². The van der Waals surface area contributed by atoms with E-state index in [-0.39, 0.29) is 6.04 Å². The molecule has 4 atom stereocenters. The summed E-state index contributed by atoms with van der Waals surface area (Å²) in [4.78, 5) is 0. The lowest BCUT2D eigenvalue weighted by atomic mass is 9.80. The highest BCUT2D eigenvalue weighted by molar-refractivity contribution is 4.95. The van der Waals surface area contributed by atoms with Crippen molar-refractivity contribution in [2.45, 2.75) is 70.6 Å². The van der Waals surface area contributed by atoms with Crippen molar-refractivity contribution in [1.82, 2.24) is 5.32 Å². The van der Waals surface area contributed by atoms with Gasteiger partial charge in [0.15, 0.2) is 0 Å². The average molecular weight is 250 g/mol. The van der Waals surface area contributed by atoms with Crippen molar-refractivity contribution in [3.63, 3.8) is 0 Å². The SMILES string of the molecule is CC1CCC(OCCC(C#N)NC2CC2)CC1C. The van der Waals surface area contributed by atoms with Gasteiger partial charge in [-0.05, 0) is 50.4 Å². The van der Waals surface area contributed by atoms with Crippen LogP contribution >= 0.6 is 0 Å². The molecule has 4 unspecified atom stereocenters. The molecule has 102 valence electrons. The topological polar surface area (TPSA) is 45.0 Å². The van der Waals surface area contributed by atoms with Crippen molar-refractivity contribution >= 4 is 0 Å². The molecule has 0 aliphatic heterocycles. The van der Waals surface area contributed by atoms with Gasteiger partial charge in [-0.25, -0.2) is 0 Å². The van der Waals surface area contributed by atoms with Gasteiger partial charge in [0.1, 0.15) is 0 Å². The summed E-state index contributed by atoms with van der Waals surface area (Å²) >= 11 is 0. The highest BCUT2D eigenvalue weighted by Gasteiger charge is 2.26. The van der Waals surface area contributed by atoms with Crippen LogP contribution in [-0.4, -0.2) is 24.8 Å². The fourth-order valence-corrected chi connectivity index (χ4v) is 2.72. The molecule has 2 saturated carbocycles. The number of nitrogens with zero attached hydrogens (tertiary/aromatic N) is 1. The van der Waals surface area contributed by atoms with Gasteiger partial charge in [-0.2, -0.15) is 5.26 Å². The molecule has 3 nitrogen and oxygen atoms in total. The van der Waals surface area contributed by atoms with Crippen LogP contribution < -0.4 is 5.32 Å². The van der Waals surface area contributed by atoms with Crippen LogP contribution in [0.5, 0.6) is 0 Å². The molecule has 0 amide bonds. The average Bonchev–Trinajstić information content (AvgIpc) is 3.16. The van der Waals surface area contributed by atoms with E-state index >= 15 is 0 Å². The number of nitrogens with one attached hydrogen (secondary N) is 1. The van der Waals surface area contributed by atoms with Gasteiger partial charge in [-0.1, -0.05) is 13.8 Å². The molecule has 18 heavy (non-hydrogen) atoms. The zero-order chi connectivity index (χ0) is 13.0. The maximum atomic E-state index is 9.05. The van der Waals surface area contributed by atoms with Gasteiger partial charge in [0.2, 0.25) is 0 Å². The molecular weight excluding hydrogens is 224 g/mol. The Labute approximate surface area is 111 Å². The molecule has 2 aliphatic rings. The zero-order valence-corrected chi connectivity index (χ0v) is 11.7. The minimum absolute atomic E-state index is 0.0163. The van der Waals surface area contributed by atoms with Crippen molar-refractivity contribution in [3.05, 3.63) is 0 Å². The lowest BCUT2D eigenvalue weighted by molar-refractivity contribution is 0.000257. The third-order valence-electron chi connectivity index (χ3n) is 4.48. The highest BCUT2D eigenvalue weighted by atomic mass is 16.5. The van der Waals surface area contributed by atoms with Gasteiger partial charge in [0, 0.05) is 12.6 Å². The number of hydrogen-bond donors (Lipinski definition) is 1. The van der Waals surface area contributed by atoms with Crippen LogP contribution in [-0.2, 0) is 4.74 Å². The molecule has 0 aromatic carbocycles. The molecule has 0 bridgehead atoms. The molecule has 2 rings (SSSR count). The Morgan fingerprint density at radius 2 is 2.00 bits per heavy atom. The Kier molecular flexibility index (Phi) is 5.03. The molecule has 0 radical (unpaired) electrons. The predicted octanol–water partition coefficient (Wildman–Crippen LogP) is 2.86. The summed E-state index contributed by atoms with van der Waals surface area (Å²) in [5, 5.41) is 12.4. The number of ether oxygens (including phenoxy) is 1. The monoisotopic (exact) mass is 250 g/mol. The summed E-state index contributed by atoms with van der Waals surface area (Å²) in [5.41, 5.74) is 0. The Morgan fingerprint density at radius 1 is 1.22 bits per heavy atom. The summed E-state index contributed by atoms with van der Waals surface area (Å²) in [6.45, 7) is 5.39. The first kappa shape index (κ1) is 13.8. The molecule has 2 aliphatic carbocycles. The smallest absolute Gasteiger partial charge is 0.0977 e. The van der Waals surface area contributed by atoms with Crippen LogP contribution in [0.3, 0.4) is 0 Å². The number of rotatable bonds is 6. The normalized spacial score (nSPS) is 33.9. The van der Waals surface area contributed by atoms with Crippen molar-refractivity contribution in [2.24, 2.45) is 11.8 Å². The fourth-order valence-electron chi connectivity index (χ4n) is 2.72. The van der Waals surface area contributed by atoms with Crippen molar-refractivity contribution in [3.8, 4) is 6.07 Å². The van der Waals surface area contributed by atoms with Gasteiger partial charge in [0.25, 0.3) is 0 Å². The minimum Gasteiger partial charge on any atom is -0.378 e. The molecule has 0 saturated heterocycles. The van der Waals surface area contributed by atoms with E-state index in [1.807, 2.05) is 0 Å². The Bertz CT molecular complexity index is 295. The largest absolute Gasteiger partial charge is 0.378 e. The molecule has 0 aromatic rings. The fraction of sp³-hybridized carbons (Fsp3) is 0.933. The van der Waals surface area contributed by atoms with Gasteiger partial charge >= 0.3 is 0 Å². The first-order valence-electron chi connectivity index (χ1n) is 7.46. The second kappa shape index (κ2) is 6.54. The second-order valence-corrected chi connectivity index (χ2v) is 6.17. The zero-order valence-electron chi connectivity index (χ0n) is 11.7. The summed E-state index contributed by atoms with van der Waals surface area (Å²) in [6.07, 6.45) is 7.39. The summed E-state index contributed by atoms with van der Waals surface area (Å²) in [7, 11) is 0. The van der Waals surface area contributed by atoms with E-state index in [4.69, 9.17) is 10.00 Å². The molecule has 0 aromatic heterocycles. The van der Waals surface area contributed by atoms with E-state index in [1.54, 1.807) is 0 Å². The second-order valence-electron chi connectivity index (χ2n) is 6.17. The first-order valence-corrected chi connectivity index (χ1v) is 7.46. The maximum Gasteiger partial charge on any atom is 0.0977 e.